The second-order valence-corrected chi connectivity index (χ2v) is 10.9. The number of carbonyl (C=O) groups excluding carboxylic acids is 3. The molecule has 3 atom stereocenters. The van der Waals surface area contributed by atoms with Gasteiger partial charge in [-0.3, -0.25) is 14.4 Å². The monoisotopic (exact) mass is 545 g/mol. The maximum absolute atomic E-state index is 14.8. The molecule has 0 spiro atoms. The number of benzene rings is 2. The molecule has 2 aromatic carbocycles. The zero-order valence-electron chi connectivity index (χ0n) is 21.0. The summed E-state index contributed by atoms with van der Waals surface area (Å²) in [5, 5.41) is 2.54. The SMILES string of the molecule is CC[C@@H]1CC[C@H](C(=O)NC(c2cc(F)c(Cl)cc2F)C2COC2)N1C(=O)c1cccc(C2(C(N)=O)CC2)c1. The Morgan fingerprint density at radius 1 is 1.16 bits per heavy atom. The predicted octanol–water partition coefficient (Wildman–Crippen LogP) is 4.02. The van der Waals surface area contributed by atoms with Gasteiger partial charge in [-0.25, -0.2) is 8.78 Å². The number of ether oxygens (including phenoxy) is 1. The summed E-state index contributed by atoms with van der Waals surface area (Å²) in [5.41, 5.74) is 5.96. The first kappa shape index (κ1) is 26.6. The highest BCUT2D eigenvalue weighted by atomic mass is 35.5. The zero-order chi connectivity index (χ0) is 27.2. The van der Waals surface area contributed by atoms with Gasteiger partial charge in [-0.15, -0.1) is 0 Å². The zero-order valence-corrected chi connectivity index (χ0v) is 21.8. The van der Waals surface area contributed by atoms with E-state index in [2.05, 4.69) is 5.32 Å². The van der Waals surface area contributed by atoms with E-state index in [1.54, 1.807) is 29.2 Å². The Balaban J connectivity index is 1.41. The van der Waals surface area contributed by atoms with Crippen LogP contribution in [0.3, 0.4) is 0 Å². The van der Waals surface area contributed by atoms with Crippen LogP contribution in [0.5, 0.6) is 0 Å². The van der Waals surface area contributed by atoms with E-state index in [4.69, 9.17) is 22.1 Å². The molecule has 0 bridgehead atoms. The number of nitrogens with zero attached hydrogens (tertiary/aromatic N) is 1. The van der Waals surface area contributed by atoms with Crippen molar-refractivity contribution in [1.82, 2.24) is 10.2 Å². The number of rotatable bonds is 8. The fourth-order valence-corrected chi connectivity index (χ4v) is 5.82. The Labute approximate surface area is 224 Å². The van der Waals surface area contributed by atoms with E-state index in [0.717, 1.165) is 12.1 Å². The molecule has 10 heteroatoms. The standard InChI is InChI=1S/C28H30ClF2N3O4/c1-2-18-6-7-23(34(18)26(36)15-4-3-5-17(10-15)28(8-9-28)27(32)37)25(35)33-24(16-13-38-14-16)19-11-22(31)20(29)12-21(19)30/h3-5,10-12,16,18,23-24H,2,6-9,13-14H2,1H3,(H2,32,37)(H,33,35)/t18-,23-,24?/m1/s1. The molecular weight excluding hydrogens is 516 g/mol. The van der Waals surface area contributed by atoms with Crippen molar-refractivity contribution in [2.75, 3.05) is 13.2 Å². The fourth-order valence-electron chi connectivity index (χ4n) is 5.67. The van der Waals surface area contributed by atoms with Gasteiger partial charge in [0.05, 0.1) is 29.7 Å². The lowest BCUT2D eigenvalue weighted by Crippen LogP contribution is -2.52. The molecule has 3 N–H and O–H groups in total. The predicted molar refractivity (Wildman–Crippen MR) is 136 cm³/mol. The molecule has 0 radical (unpaired) electrons. The van der Waals surface area contributed by atoms with E-state index >= 15 is 0 Å². The van der Waals surface area contributed by atoms with Gasteiger partial charge in [0.25, 0.3) is 5.91 Å². The third-order valence-corrected chi connectivity index (χ3v) is 8.49. The van der Waals surface area contributed by atoms with Crippen molar-refractivity contribution in [3.05, 3.63) is 69.7 Å². The van der Waals surface area contributed by atoms with Crippen LogP contribution in [0.1, 0.15) is 66.6 Å². The second-order valence-electron chi connectivity index (χ2n) is 10.5. The van der Waals surface area contributed by atoms with Crippen LogP contribution in [0.15, 0.2) is 36.4 Å². The molecule has 1 aliphatic carbocycles. The van der Waals surface area contributed by atoms with Gasteiger partial charge in [-0.1, -0.05) is 30.7 Å². The van der Waals surface area contributed by atoms with Crippen molar-refractivity contribution in [2.24, 2.45) is 11.7 Å². The van der Waals surface area contributed by atoms with Crippen molar-refractivity contribution in [3.63, 3.8) is 0 Å². The maximum atomic E-state index is 14.8. The van der Waals surface area contributed by atoms with E-state index in [-0.39, 0.29) is 41.7 Å². The van der Waals surface area contributed by atoms with Gasteiger partial charge in [0.15, 0.2) is 0 Å². The molecule has 5 rings (SSSR count). The van der Waals surface area contributed by atoms with E-state index in [1.165, 1.54) is 0 Å². The van der Waals surface area contributed by atoms with Crippen molar-refractivity contribution in [2.45, 2.75) is 62.6 Å². The van der Waals surface area contributed by atoms with Crippen LogP contribution in [0.25, 0.3) is 0 Å². The van der Waals surface area contributed by atoms with Crippen LogP contribution in [0.4, 0.5) is 8.78 Å². The second kappa shape index (κ2) is 10.3. The Hall–Kier alpha value is -3.04. The Bertz CT molecular complexity index is 1280. The number of hydrogen-bond acceptors (Lipinski definition) is 4. The third-order valence-electron chi connectivity index (χ3n) is 8.20. The van der Waals surface area contributed by atoms with Crippen LogP contribution in [-0.4, -0.2) is 47.9 Å². The van der Waals surface area contributed by atoms with Crippen molar-refractivity contribution >= 4 is 29.3 Å². The van der Waals surface area contributed by atoms with Crippen LogP contribution in [0.2, 0.25) is 5.02 Å². The highest BCUT2D eigenvalue weighted by molar-refractivity contribution is 6.30. The summed E-state index contributed by atoms with van der Waals surface area (Å²) in [4.78, 5) is 41.0. The Morgan fingerprint density at radius 3 is 2.50 bits per heavy atom. The summed E-state index contributed by atoms with van der Waals surface area (Å²) in [6.45, 7) is 2.52. The minimum atomic E-state index is -0.839. The summed E-state index contributed by atoms with van der Waals surface area (Å²) in [6.07, 6.45) is 3.00. The Morgan fingerprint density at radius 2 is 1.89 bits per heavy atom. The van der Waals surface area contributed by atoms with Crippen LogP contribution in [0, 0.1) is 17.6 Å². The Kier molecular flexibility index (Phi) is 7.17. The molecule has 0 aromatic heterocycles. The molecule has 2 heterocycles. The van der Waals surface area contributed by atoms with Gasteiger partial charge in [0.1, 0.15) is 17.7 Å². The number of likely N-dealkylation sites (tertiary alicyclic amines) is 1. The molecule has 202 valence electrons. The molecule has 1 unspecified atom stereocenters. The lowest BCUT2D eigenvalue weighted by Gasteiger charge is -2.36. The maximum Gasteiger partial charge on any atom is 0.254 e. The largest absolute Gasteiger partial charge is 0.381 e. The van der Waals surface area contributed by atoms with Gasteiger partial charge in [0, 0.05) is 23.1 Å². The summed E-state index contributed by atoms with van der Waals surface area (Å²) in [5.74, 6) is -2.92. The number of hydrogen-bond donors (Lipinski definition) is 2. The average molecular weight is 546 g/mol. The molecular formula is C28H30ClF2N3O4. The normalized spacial score (nSPS) is 23.0. The highest BCUT2D eigenvalue weighted by Gasteiger charge is 2.50. The minimum absolute atomic E-state index is 0.00894. The first-order valence-corrected chi connectivity index (χ1v) is 13.3. The quantitative estimate of drug-likeness (QED) is 0.489. The number of carbonyl (C=O) groups is 3. The van der Waals surface area contributed by atoms with Crippen molar-refractivity contribution in [1.29, 1.82) is 0 Å². The highest BCUT2D eigenvalue weighted by Crippen LogP contribution is 2.48. The lowest BCUT2D eigenvalue weighted by molar-refractivity contribution is -0.128. The van der Waals surface area contributed by atoms with Crippen molar-refractivity contribution < 1.29 is 27.9 Å². The molecule has 2 aliphatic heterocycles. The van der Waals surface area contributed by atoms with Crippen LogP contribution in [-0.2, 0) is 19.7 Å². The number of primary amides is 1. The van der Waals surface area contributed by atoms with Gasteiger partial charge in [-0.05, 0) is 61.9 Å². The van der Waals surface area contributed by atoms with Gasteiger partial charge in [0.2, 0.25) is 11.8 Å². The van der Waals surface area contributed by atoms with E-state index < -0.39 is 40.9 Å². The molecule has 3 fully saturated rings. The molecule has 3 aliphatic rings. The first-order chi connectivity index (χ1) is 18.2. The summed E-state index contributed by atoms with van der Waals surface area (Å²) >= 11 is 5.74. The number of amides is 3. The van der Waals surface area contributed by atoms with Gasteiger partial charge in [-0.2, -0.15) is 0 Å². The number of nitrogens with one attached hydrogen (secondary N) is 1. The smallest absolute Gasteiger partial charge is 0.254 e. The average Bonchev–Trinajstić information content (AvgIpc) is 3.57. The number of halogens is 3. The summed E-state index contributed by atoms with van der Waals surface area (Å²) < 4.78 is 34.3. The third kappa shape index (κ3) is 4.66. The van der Waals surface area contributed by atoms with Gasteiger partial charge >= 0.3 is 0 Å². The number of nitrogens with two attached hydrogens (primary N) is 1. The molecule has 2 saturated heterocycles. The lowest BCUT2D eigenvalue weighted by atomic mass is 9.90. The molecule has 1 saturated carbocycles. The van der Waals surface area contributed by atoms with Crippen molar-refractivity contribution in [3.8, 4) is 0 Å². The summed E-state index contributed by atoms with van der Waals surface area (Å²) in [6, 6.07) is 7.00. The van der Waals surface area contributed by atoms with Crippen LogP contribution >= 0.6 is 11.6 Å². The minimum Gasteiger partial charge on any atom is -0.381 e. The molecule has 7 nitrogen and oxygen atoms in total. The van der Waals surface area contributed by atoms with Gasteiger partial charge < -0.3 is 20.7 Å². The summed E-state index contributed by atoms with van der Waals surface area (Å²) in [7, 11) is 0. The molecule has 38 heavy (non-hydrogen) atoms. The fraction of sp³-hybridized carbons (Fsp3) is 0.464. The van der Waals surface area contributed by atoms with Crippen LogP contribution < -0.4 is 11.1 Å². The molecule has 3 amide bonds. The first-order valence-electron chi connectivity index (χ1n) is 12.9. The molecule has 2 aromatic rings. The van der Waals surface area contributed by atoms with E-state index in [9.17, 15) is 23.2 Å². The van der Waals surface area contributed by atoms with E-state index in [1.807, 2.05) is 6.92 Å². The topological polar surface area (TPSA) is 102 Å². The van der Waals surface area contributed by atoms with E-state index in [0.29, 0.717) is 43.2 Å².